The highest BCUT2D eigenvalue weighted by atomic mass is 19.4. The summed E-state index contributed by atoms with van der Waals surface area (Å²) in [7, 11) is 0.991. The van der Waals surface area contributed by atoms with Crippen LogP contribution in [0.25, 0.3) is 0 Å². The third kappa shape index (κ3) is 4.12. The summed E-state index contributed by atoms with van der Waals surface area (Å²) in [6.07, 6.45) is -10.7. The third-order valence-electron chi connectivity index (χ3n) is 2.90. The van der Waals surface area contributed by atoms with E-state index in [-0.39, 0.29) is 18.1 Å². The molecule has 0 saturated heterocycles. The molecule has 1 aromatic carbocycles. The fraction of sp³-hybridized carbons (Fsp3) is 0.462. The summed E-state index contributed by atoms with van der Waals surface area (Å²) in [5.74, 6) is -0.949. The molecule has 0 atom stereocenters. The number of methoxy groups -OCH3 is 1. The monoisotopic (exact) mass is 314 g/mol. The Labute approximate surface area is 116 Å². The average molecular weight is 314 g/mol. The van der Waals surface area contributed by atoms with Gasteiger partial charge in [0.05, 0.1) is 24.7 Å². The van der Waals surface area contributed by atoms with Gasteiger partial charge in [-0.25, -0.2) is 0 Å². The maximum absolute atomic E-state index is 13.0. The lowest BCUT2D eigenvalue weighted by atomic mass is 9.93. The van der Waals surface area contributed by atoms with Gasteiger partial charge in [-0.15, -0.1) is 0 Å². The summed E-state index contributed by atoms with van der Waals surface area (Å²) in [5, 5.41) is 0. The first-order chi connectivity index (χ1) is 9.50. The van der Waals surface area contributed by atoms with Gasteiger partial charge in [0, 0.05) is 0 Å². The number of aryl methyl sites for hydroxylation is 1. The van der Waals surface area contributed by atoms with E-state index in [1.807, 2.05) is 0 Å². The van der Waals surface area contributed by atoms with E-state index in [2.05, 4.69) is 4.74 Å². The number of hydrogen-bond donors (Lipinski definition) is 0. The lowest BCUT2D eigenvalue weighted by Crippen LogP contribution is -2.18. The summed E-state index contributed by atoms with van der Waals surface area (Å²) in [4.78, 5) is 11.2. The molecule has 8 heteroatoms. The Morgan fingerprint density at radius 3 is 2.05 bits per heavy atom. The molecule has 118 valence electrons. The van der Waals surface area contributed by atoms with Gasteiger partial charge in [-0.3, -0.25) is 4.79 Å². The number of esters is 1. The van der Waals surface area contributed by atoms with Gasteiger partial charge in [0.15, 0.2) is 0 Å². The van der Waals surface area contributed by atoms with E-state index >= 15 is 0 Å². The topological polar surface area (TPSA) is 26.3 Å². The van der Waals surface area contributed by atoms with Crippen molar-refractivity contribution in [2.24, 2.45) is 0 Å². The minimum atomic E-state index is -4.99. The van der Waals surface area contributed by atoms with Crippen molar-refractivity contribution in [1.82, 2.24) is 0 Å². The van der Waals surface area contributed by atoms with Gasteiger partial charge in [0.25, 0.3) is 0 Å². The predicted molar refractivity (Wildman–Crippen MR) is 61.5 cm³/mol. The molecule has 0 fully saturated rings. The summed E-state index contributed by atoms with van der Waals surface area (Å²) in [6.45, 7) is 1.41. The van der Waals surface area contributed by atoms with Crippen molar-refractivity contribution >= 4 is 5.97 Å². The van der Waals surface area contributed by atoms with Crippen molar-refractivity contribution in [2.45, 2.75) is 32.1 Å². The molecule has 0 N–H and O–H groups in total. The van der Waals surface area contributed by atoms with Crippen LogP contribution >= 0.6 is 0 Å². The van der Waals surface area contributed by atoms with Crippen molar-refractivity contribution in [3.8, 4) is 0 Å². The van der Waals surface area contributed by atoms with Crippen LogP contribution < -0.4 is 0 Å². The van der Waals surface area contributed by atoms with Crippen LogP contribution in [0.5, 0.6) is 0 Å². The van der Waals surface area contributed by atoms with Gasteiger partial charge in [-0.2, -0.15) is 26.3 Å². The first kappa shape index (κ1) is 17.3. The first-order valence-electron chi connectivity index (χ1n) is 5.87. The van der Waals surface area contributed by atoms with E-state index in [0.29, 0.717) is 6.07 Å². The molecule has 0 radical (unpaired) electrons. The van der Waals surface area contributed by atoms with Crippen molar-refractivity contribution < 1.29 is 35.9 Å². The summed E-state index contributed by atoms with van der Waals surface area (Å²) < 4.78 is 81.2. The Kier molecular flexibility index (Phi) is 4.91. The van der Waals surface area contributed by atoms with E-state index in [1.165, 1.54) is 6.92 Å². The summed E-state index contributed by atoms with van der Waals surface area (Å²) >= 11 is 0. The maximum Gasteiger partial charge on any atom is 0.416 e. The number of alkyl halides is 6. The quantitative estimate of drug-likeness (QED) is 0.622. The molecule has 21 heavy (non-hydrogen) atoms. The molecular formula is C13H12F6O2. The standard InChI is InChI=1S/C13H12F6O2/c1-3-7-4-8(12(14,15)16)5-10(13(17,18)19)9(7)6-11(20)21-2/h4-5H,3,6H2,1-2H3. The molecule has 0 aliphatic carbocycles. The van der Waals surface area contributed by atoms with E-state index in [4.69, 9.17) is 0 Å². The van der Waals surface area contributed by atoms with E-state index in [1.54, 1.807) is 0 Å². The number of benzene rings is 1. The zero-order chi connectivity index (χ0) is 16.4. The van der Waals surface area contributed by atoms with Crippen LogP contribution in [0.4, 0.5) is 26.3 Å². The molecule has 0 saturated carbocycles. The van der Waals surface area contributed by atoms with Gasteiger partial charge < -0.3 is 4.74 Å². The molecular weight excluding hydrogens is 302 g/mol. The second-order valence-corrected chi connectivity index (χ2v) is 4.26. The third-order valence-corrected chi connectivity index (χ3v) is 2.90. The fourth-order valence-electron chi connectivity index (χ4n) is 1.89. The van der Waals surface area contributed by atoms with Crippen molar-refractivity contribution in [3.05, 3.63) is 34.4 Å². The molecule has 0 bridgehead atoms. The molecule has 0 unspecified atom stereocenters. The minimum absolute atomic E-state index is 0.0252. The molecule has 0 heterocycles. The van der Waals surface area contributed by atoms with Crippen molar-refractivity contribution in [2.75, 3.05) is 7.11 Å². The van der Waals surface area contributed by atoms with Crippen LogP contribution in [0.1, 0.15) is 29.2 Å². The molecule has 0 aliphatic heterocycles. The van der Waals surface area contributed by atoms with Gasteiger partial charge in [-0.1, -0.05) is 6.92 Å². The first-order valence-corrected chi connectivity index (χ1v) is 5.87. The molecule has 0 spiro atoms. The van der Waals surface area contributed by atoms with Gasteiger partial charge in [-0.05, 0) is 29.7 Å². The van der Waals surface area contributed by atoms with E-state index in [9.17, 15) is 31.1 Å². The van der Waals surface area contributed by atoms with Crippen LogP contribution in [-0.2, 0) is 34.7 Å². The van der Waals surface area contributed by atoms with Crippen LogP contribution in [0.3, 0.4) is 0 Å². The van der Waals surface area contributed by atoms with E-state index in [0.717, 1.165) is 7.11 Å². The van der Waals surface area contributed by atoms with Crippen LogP contribution in [0.15, 0.2) is 12.1 Å². The SMILES string of the molecule is CCc1cc(C(F)(F)F)cc(C(F)(F)F)c1CC(=O)OC. The molecule has 0 amide bonds. The van der Waals surface area contributed by atoms with Gasteiger partial charge >= 0.3 is 18.3 Å². The second kappa shape index (κ2) is 5.95. The normalized spacial score (nSPS) is 12.4. The summed E-state index contributed by atoms with van der Waals surface area (Å²) in [5.41, 5.74) is -3.51. The van der Waals surface area contributed by atoms with Crippen LogP contribution in [0.2, 0.25) is 0 Å². The fourth-order valence-corrected chi connectivity index (χ4v) is 1.89. The largest absolute Gasteiger partial charge is 0.469 e. The van der Waals surface area contributed by atoms with Crippen molar-refractivity contribution in [1.29, 1.82) is 0 Å². The summed E-state index contributed by atoms with van der Waals surface area (Å²) in [6, 6.07) is 0.658. The van der Waals surface area contributed by atoms with Gasteiger partial charge in [0.2, 0.25) is 0 Å². The van der Waals surface area contributed by atoms with Crippen LogP contribution in [0, 0.1) is 0 Å². The number of carbonyl (C=O) groups is 1. The predicted octanol–water partition coefficient (Wildman–Crippen LogP) is 4.00. The Bertz CT molecular complexity index is 531. The van der Waals surface area contributed by atoms with E-state index < -0.39 is 41.4 Å². The minimum Gasteiger partial charge on any atom is -0.469 e. The number of halogens is 6. The van der Waals surface area contributed by atoms with Gasteiger partial charge in [0.1, 0.15) is 0 Å². The molecule has 1 rings (SSSR count). The van der Waals surface area contributed by atoms with Crippen molar-refractivity contribution in [3.63, 3.8) is 0 Å². The molecule has 2 nitrogen and oxygen atoms in total. The lowest BCUT2D eigenvalue weighted by Gasteiger charge is -2.19. The zero-order valence-electron chi connectivity index (χ0n) is 11.2. The Balaban J connectivity index is 3.56. The Morgan fingerprint density at radius 2 is 1.67 bits per heavy atom. The molecule has 0 aromatic heterocycles. The molecule has 0 aliphatic rings. The number of hydrogen-bond acceptors (Lipinski definition) is 2. The number of rotatable bonds is 3. The highest BCUT2D eigenvalue weighted by Crippen LogP contribution is 2.39. The smallest absolute Gasteiger partial charge is 0.416 e. The van der Waals surface area contributed by atoms with Crippen LogP contribution in [-0.4, -0.2) is 13.1 Å². The highest BCUT2D eigenvalue weighted by Gasteiger charge is 2.39. The molecule has 1 aromatic rings. The zero-order valence-corrected chi connectivity index (χ0v) is 11.2. The number of carbonyl (C=O) groups excluding carboxylic acids is 1. The lowest BCUT2D eigenvalue weighted by molar-refractivity contribution is -0.144. The second-order valence-electron chi connectivity index (χ2n) is 4.26. The number of ether oxygens (including phenoxy) is 1. The Morgan fingerprint density at radius 1 is 1.10 bits per heavy atom. The average Bonchev–Trinajstić information content (AvgIpc) is 2.35. The highest BCUT2D eigenvalue weighted by molar-refractivity contribution is 5.73. The maximum atomic E-state index is 13.0. The Hall–Kier alpha value is -1.73.